The van der Waals surface area contributed by atoms with Crippen LogP contribution in [0.15, 0.2) is 40.8 Å². The number of rotatable bonds is 3. The average molecular weight is 276 g/mol. The van der Waals surface area contributed by atoms with Crippen molar-refractivity contribution in [3.8, 4) is 5.75 Å². The normalized spacial score (nSPS) is 10.9. The summed E-state index contributed by atoms with van der Waals surface area (Å²) in [5, 5.41) is 0. The predicted octanol–water partition coefficient (Wildman–Crippen LogP) is 3.27. The third kappa shape index (κ3) is 2.16. The standard InChI is InChI=1S/C14H10F2N2O2/c15-8-3-1-4-9(16)14(8)19-7-12-18-13-10(17)5-2-6-11(13)20-12/h1-6H,7,17H2. The third-order valence-corrected chi connectivity index (χ3v) is 2.75. The third-order valence-electron chi connectivity index (χ3n) is 2.75. The summed E-state index contributed by atoms with van der Waals surface area (Å²) in [6.45, 7) is -0.189. The fourth-order valence-corrected chi connectivity index (χ4v) is 1.83. The molecule has 3 rings (SSSR count). The molecule has 2 N–H and O–H groups in total. The van der Waals surface area contributed by atoms with Crippen molar-refractivity contribution in [2.75, 3.05) is 5.73 Å². The van der Waals surface area contributed by atoms with Gasteiger partial charge in [-0.25, -0.2) is 13.8 Å². The van der Waals surface area contributed by atoms with Gasteiger partial charge >= 0.3 is 0 Å². The van der Waals surface area contributed by atoms with Crippen LogP contribution in [0.4, 0.5) is 14.5 Å². The smallest absolute Gasteiger partial charge is 0.233 e. The molecule has 0 unspecified atom stereocenters. The zero-order valence-corrected chi connectivity index (χ0v) is 10.3. The summed E-state index contributed by atoms with van der Waals surface area (Å²) in [7, 11) is 0. The van der Waals surface area contributed by atoms with Crippen molar-refractivity contribution in [1.82, 2.24) is 4.98 Å². The molecule has 0 radical (unpaired) electrons. The fraction of sp³-hybridized carbons (Fsp3) is 0.0714. The van der Waals surface area contributed by atoms with Crippen LogP contribution in [0.1, 0.15) is 5.89 Å². The molecular weight excluding hydrogens is 266 g/mol. The second-order valence-electron chi connectivity index (χ2n) is 4.14. The van der Waals surface area contributed by atoms with Gasteiger partial charge in [0, 0.05) is 0 Å². The Labute approximate surface area is 112 Å². The van der Waals surface area contributed by atoms with Crippen LogP contribution in [0.5, 0.6) is 5.75 Å². The number of benzene rings is 2. The number of oxazole rings is 1. The second kappa shape index (κ2) is 4.80. The predicted molar refractivity (Wildman–Crippen MR) is 69.1 cm³/mol. The molecule has 0 saturated heterocycles. The first-order valence-corrected chi connectivity index (χ1v) is 5.86. The van der Waals surface area contributed by atoms with E-state index in [0.717, 1.165) is 12.1 Å². The molecule has 3 aromatic rings. The Bertz CT molecular complexity index is 751. The van der Waals surface area contributed by atoms with E-state index in [2.05, 4.69) is 4.98 Å². The van der Waals surface area contributed by atoms with Gasteiger partial charge in [-0.15, -0.1) is 0 Å². The van der Waals surface area contributed by atoms with Gasteiger partial charge in [0.05, 0.1) is 5.69 Å². The zero-order valence-electron chi connectivity index (χ0n) is 10.3. The summed E-state index contributed by atoms with van der Waals surface area (Å²) >= 11 is 0. The monoisotopic (exact) mass is 276 g/mol. The molecule has 0 aliphatic carbocycles. The number of nitrogen functional groups attached to an aromatic ring is 1. The highest BCUT2D eigenvalue weighted by Gasteiger charge is 2.13. The summed E-state index contributed by atoms with van der Waals surface area (Å²) < 4.78 is 37.2. The first-order chi connectivity index (χ1) is 9.65. The van der Waals surface area contributed by atoms with Gasteiger partial charge in [0.25, 0.3) is 0 Å². The molecule has 0 spiro atoms. The topological polar surface area (TPSA) is 61.3 Å². The van der Waals surface area contributed by atoms with Gasteiger partial charge in [0.15, 0.2) is 29.6 Å². The molecule has 6 heteroatoms. The van der Waals surface area contributed by atoms with E-state index in [1.165, 1.54) is 6.07 Å². The van der Waals surface area contributed by atoms with Crippen molar-refractivity contribution in [3.05, 3.63) is 53.9 Å². The molecular formula is C14H10F2N2O2. The molecule has 0 atom stereocenters. The lowest BCUT2D eigenvalue weighted by molar-refractivity contribution is 0.243. The van der Waals surface area contributed by atoms with Gasteiger partial charge in [-0.3, -0.25) is 0 Å². The number of aromatic nitrogens is 1. The van der Waals surface area contributed by atoms with E-state index in [1.807, 2.05) is 0 Å². The van der Waals surface area contributed by atoms with Crippen LogP contribution in [0.25, 0.3) is 11.1 Å². The van der Waals surface area contributed by atoms with Crippen molar-refractivity contribution in [2.45, 2.75) is 6.61 Å². The number of hydrogen-bond donors (Lipinski definition) is 1. The number of nitrogens with zero attached hydrogens (tertiary/aromatic N) is 1. The number of halogens is 2. The molecule has 2 aromatic carbocycles. The largest absolute Gasteiger partial charge is 0.478 e. The minimum absolute atomic E-state index is 0.189. The quantitative estimate of drug-likeness (QED) is 0.746. The lowest BCUT2D eigenvalue weighted by Gasteiger charge is -2.05. The van der Waals surface area contributed by atoms with Crippen LogP contribution < -0.4 is 10.5 Å². The summed E-state index contributed by atoms with van der Waals surface area (Å²) in [6, 6.07) is 8.60. The number of hydrogen-bond acceptors (Lipinski definition) is 4. The molecule has 4 nitrogen and oxygen atoms in total. The van der Waals surface area contributed by atoms with Crippen LogP contribution in [0, 0.1) is 11.6 Å². The molecule has 0 saturated carbocycles. The molecule has 0 aliphatic heterocycles. The van der Waals surface area contributed by atoms with Crippen LogP contribution in [-0.2, 0) is 6.61 Å². The van der Waals surface area contributed by atoms with E-state index in [4.69, 9.17) is 14.9 Å². The lowest BCUT2D eigenvalue weighted by atomic mass is 10.3. The number of para-hydroxylation sites is 2. The Morgan fingerprint density at radius 1 is 1.10 bits per heavy atom. The first-order valence-electron chi connectivity index (χ1n) is 5.86. The molecule has 1 aromatic heterocycles. The Hall–Kier alpha value is -2.63. The van der Waals surface area contributed by atoms with Crippen molar-refractivity contribution in [2.24, 2.45) is 0 Å². The maximum absolute atomic E-state index is 13.4. The van der Waals surface area contributed by atoms with Crippen molar-refractivity contribution < 1.29 is 17.9 Å². The summed E-state index contributed by atoms with van der Waals surface area (Å²) in [5.41, 5.74) is 7.21. The molecule has 0 aliphatic rings. The van der Waals surface area contributed by atoms with Gasteiger partial charge < -0.3 is 14.9 Å². The van der Waals surface area contributed by atoms with E-state index in [1.54, 1.807) is 18.2 Å². The van der Waals surface area contributed by atoms with Crippen molar-refractivity contribution in [3.63, 3.8) is 0 Å². The summed E-state index contributed by atoms with van der Waals surface area (Å²) in [4.78, 5) is 4.13. The van der Waals surface area contributed by atoms with Gasteiger partial charge in [0.2, 0.25) is 5.89 Å². The Morgan fingerprint density at radius 3 is 2.50 bits per heavy atom. The molecule has 0 amide bonds. The lowest BCUT2D eigenvalue weighted by Crippen LogP contribution is -2.00. The summed E-state index contributed by atoms with van der Waals surface area (Å²) in [5.74, 6) is -1.82. The van der Waals surface area contributed by atoms with Crippen LogP contribution in [0.3, 0.4) is 0 Å². The second-order valence-corrected chi connectivity index (χ2v) is 4.14. The average Bonchev–Trinajstić information content (AvgIpc) is 2.83. The van der Waals surface area contributed by atoms with Gasteiger partial charge in [-0.2, -0.15) is 0 Å². The molecule has 20 heavy (non-hydrogen) atoms. The highest BCUT2D eigenvalue weighted by atomic mass is 19.1. The minimum atomic E-state index is -0.777. The molecule has 1 heterocycles. The highest BCUT2D eigenvalue weighted by molar-refractivity contribution is 5.85. The van der Waals surface area contributed by atoms with E-state index in [9.17, 15) is 8.78 Å². The van der Waals surface area contributed by atoms with Gasteiger partial charge in [0.1, 0.15) is 5.52 Å². The Kier molecular flexibility index (Phi) is 2.98. The maximum Gasteiger partial charge on any atom is 0.233 e. The van der Waals surface area contributed by atoms with Crippen LogP contribution in [0.2, 0.25) is 0 Å². The zero-order chi connectivity index (χ0) is 14.1. The van der Waals surface area contributed by atoms with Gasteiger partial charge in [-0.05, 0) is 24.3 Å². The first kappa shape index (κ1) is 12.4. The van der Waals surface area contributed by atoms with E-state index < -0.39 is 17.4 Å². The number of fused-ring (bicyclic) bond motifs is 1. The molecule has 0 fully saturated rings. The van der Waals surface area contributed by atoms with E-state index in [0.29, 0.717) is 16.8 Å². The van der Waals surface area contributed by atoms with Crippen LogP contribution >= 0.6 is 0 Å². The SMILES string of the molecule is Nc1cccc2oc(COc3c(F)cccc3F)nc12. The number of nitrogens with two attached hydrogens (primary N) is 1. The summed E-state index contributed by atoms with van der Waals surface area (Å²) in [6.07, 6.45) is 0. The fourth-order valence-electron chi connectivity index (χ4n) is 1.83. The van der Waals surface area contributed by atoms with Crippen LogP contribution in [-0.4, -0.2) is 4.98 Å². The number of anilines is 1. The highest BCUT2D eigenvalue weighted by Crippen LogP contribution is 2.24. The van der Waals surface area contributed by atoms with Gasteiger partial charge in [-0.1, -0.05) is 12.1 Å². The maximum atomic E-state index is 13.4. The number of ether oxygens (including phenoxy) is 1. The van der Waals surface area contributed by atoms with E-state index >= 15 is 0 Å². The van der Waals surface area contributed by atoms with E-state index in [-0.39, 0.29) is 12.5 Å². The van der Waals surface area contributed by atoms with Crippen molar-refractivity contribution in [1.29, 1.82) is 0 Å². The Morgan fingerprint density at radius 2 is 1.80 bits per heavy atom. The minimum Gasteiger partial charge on any atom is -0.478 e. The molecule has 102 valence electrons. The molecule has 0 bridgehead atoms. The Balaban J connectivity index is 1.85. The van der Waals surface area contributed by atoms with Crippen molar-refractivity contribution >= 4 is 16.8 Å².